The summed E-state index contributed by atoms with van der Waals surface area (Å²) in [5, 5.41) is 10.6. The Hall–Kier alpha value is -4.57. The van der Waals surface area contributed by atoms with Crippen molar-refractivity contribution in [3.05, 3.63) is 81.8 Å². The lowest BCUT2D eigenvalue weighted by Crippen LogP contribution is -2.52. The zero-order valence-electron chi connectivity index (χ0n) is 25.2. The predicted octanol–water partition coefficient (Wildman–Crippen LogP) is 4.72. The molecule has 0 saturated carbocycles. The Labute approximate surface area is 250 Å². The van der Waals surface area contributed by atoms with Crippen LogP contribution in [-0.2, 0) is 0 Å². The number of rotatable bonds is 6. The van der Waals surface area contributed by atoms with Crippen LogP contribution < -0.4 is 26.4 Å². The van der Waals surface area contributed by atoms with Gasteiger partial charge < -0.3 is 20.9 Å². The molecule has 0 radical (unpaired) electrons. The molecular formula is C33H37N7O3. The van der Waals surface area contributed by atoms with Gasteiger partial charge in [0.05, 0.1) is 11.1 Å². The molecule has 2 aliphatic rings. The molecule has 0 bridgehead atoms. The number of piperazine rings is 1. The minimum absolute atomic E-state index is 0.0217. The Morgan fingerprint density at radius 3 is 2.53 bits per heavy atom. The molecule has 1 saturated heterocycles. The van der Waals surface area contributed by atoms with Crippen LogP contribution in [0.1, 0.15) is 60.0 Å². The number of aryl methyl sites for hydroxylation is 1. The number of ketones is 2. The van der Waals surface area contributed by atoms with Crippen molar-refractivity contribution in [1.29, 1.82) is 0 Å². The van der Waals surface area contributed by atoms with Gasteiger partial charge in [-0.1, -0.05) is 26.0 Å². The number of fused-ring (bicyclic) bond motifs is 2. The van der Waals surface area contributed by atoms with Crippen LogP contribution >= 0.6 is 0 Å². The quantitative estimate of drug-likeness (QED) is 0.279. The number of carbonyl (C=O) groups is 2. The summed E-state index contributed by atoms with van der Waals surface area (Å²) >= 11 is 0. The largest absolute Gasteiger partial charge is 0.377 e. The van der Waals surface area contributed by atoms with Crippen LogP contribution in [0.25, 0.3) is 11.0 Å². The summed E-state index contributed by atoms with van der Waals surface area (Å²) in [6, 6.07) is 14.0. The molecule has 1 unspecified atom stereocenters. The lowest BCUT2D eigenvalue weighted by Gasteiger charge is -2.41. The van der Waals surface area contributed by atoms with Crippen molar-refractivity contribution in [2.75, 3.05) is 41.7 Å². The van der Waals surface area contributed by atoms with E-state index in [4.69, 9.17) is 4.98 Å². The van der Waals surface area contributed by atoms with Gasteiger partial charge in [-0.15, -0.1) is 0 Å². The van der Waals surface area contributed by atoms with Crippen LogP contribution in [0, 0.1) is 12.8 Å². The zero-order valence-corrected chi connectivity index (χ0v) is 25.2. The monoisotopic (exact) mass is 579 g/mol. The maximum absolute atomic E-state index is 14.1. The molecule has 2 aromatic carbocycles. The number of para-hydroxylation sites is 1. The molecule has 4 aromatic rings. The molecular weight excluding hydrogens is 542 g/mol. The van der Waals surface area contributed by atoms with E-state index >= 15 is 0 Å². The smallest absolute Gasteiger partial charge is 0.263 e. The van der Waals surface area contributed by atoms with Gasteiger partial charge in [-0.2, -0.15) is 4.98 Å². The Morgan fingerprint density at radius 2 is 1.81 bits per heavy atom. The molecule has 3 N–H and O–H groups in total. The Bertz CT molecular complexity index is 1800. The minimum atomic E-state index is -0.958. The molecule has 0 aliphatic carbocycles. The second-order valence-electron chi connectivity index (χ2n) is 12.2. The van der Waals surface area contributed by atoms with E-state index in [2.05, 4.69) is 44.9 Å². The maximum Gasteiger partial charge on any atom is 0.263 e. The standard InChI is InChI=1S/C33H37N7O3/c1-19(2)27(41)24-17-21-18-35-32(36-22-10-11-26(20(3)16-22)39-14-12-34-13-15-39)37-30(21)40(31(24)43)29-28(42)23-8-6-7-9-25(23)38-33(29,4)5/h6-11,16-19,29,34,38H,12-15H2,1-5H3,(H,35,36,37). The van der Waals surface area contributed by atoms with E-state index in [0.717, 1.165) is 37.4 Å². The first-order valence-electron chi connectivity index (χ1n) is 14.8. The van der Waals surface area contributed by atoms with Gasteiger partial charge in [-0.3, -0.25) is 19.0 Å². The van der Waals surface area contributed by atoms with Crippen LogP contribution in [0.15, 0.2) is 59.5 Å². The molecule has 222 valence electrons. The predicted molar refractivity (Wildman–Crippen MR) is 170 cm³/mol. The van der Waals surface area contributed by atoms with E-state index in [1.807, 2.05) is 32.0 Å². The first kappa shape index (κ1) is 28.5. The topological polar surface area (TPSA) is 121 Å². The van der Waals surface area contributed by atoms with Gasteiger partial charge in [0, 0.05) is 66.3 Å². The fraction of sp³-hybridized carbons (Fsp3) is 0.364. The van der Waals surface area contributed by atoms with Crippen LogP contribution in [0.5, 0.6) is 0 Å². The van der Waals surface area contributed by atoms with Crippen LogP contribution in [0.2, 0.25) is 0 Å². The number of nitrogens with one attached hydrogen (secondary N) is 3. The van der Waals surface area contributed by atoms with Crippen molar-refractivity contribution in [2.45, 2.75) is 46.2 Å². The van der Waals surface area contributed by atoms with E-state index in [-0.39, 0.29) is 28.7 Å². The maximum atomic E-state index is 14.1. The van der Waals surface area contributed by atoms with Gasteiger partial charge in [0.1, 0.15) is 11.7 Å². The van der Waals surface area contributed by atoms with E-state index < -0.39 is 23.1 Å². The fourth-order valence-electron chi connectivity index (χ4n) is 6.17. The third-order valence-electron chi connectivity index (χ3n) is 8.31. The Morgan fingerprint density at radius 1 is 1.07 bits per heavy atom. The summed E-state index contributed by atoms with van der Waals surface area (Å²) < 4.78 is 1.39. The van der Waals surface area contributed by atoms with Gasteiger partial charge in [0.15, 0.2) is 11.6 Å². The number of nitrogens with zero attached hydrogens (tertiary/aromatic N) is 4. The molecule has 43 heavy (non-hydrogen) atoms. The van der Waals surface area contributed by atoms with Crippen molar-refractivity contribution in [1.82, 2.24) is 19.9 Å². The highest BCUT2D eigenvalue weighted by atomic mass is 16.2. The number of hydrogen-bond acceptors (Lipinski definition) is 9. The molecule has 0 spiro atoms. The van der Waals surface area contributed by atoms with E-state index in [1.54, 1.807) is 38.2 Å². The summed E-state index contributed by atoms with van der Waals surface area (Å²) in [4.78, 5) is 53.1. The van der Waals surface area contributed by atoms with Gasteiger partial charge in [0.2, 0.25) is 5.95 Å². The van der Waals surface area contributed by atoms with Crippen molar-refractivity contribution >= 4 is 45.6 Å². The highest BCUT2D eigenvalue weighted by molar-refractivity contribution is 6.07. The minimum Gasteiger partial charge on any atom is -0.377 e. The summed E-state index contributed by atoms with van der Waals surface area (Å²) in [5.74, 6) is -0.629. The third-order valence-corrected chi connectivity index (χ3v) is 8.31. The molecule has 10 nitrogen and oxygen atoms in total. The first-order chi connectivity index (χ1) is 20.5. The Kier molecular flexibility index (Phi) is 7.25. The van der Waals surface area contributed by atoms with Gasteiger partial charge in [0.25, 0.3) is 5.56 Å². The van der Waals surface area contributed by atoms with Crippen molar-refractivity contribution < 1.29 is 9.59 Å². The zero-order chi connectivity index (χ0) is 30.5. The van der Waals surface area contributed by atoms with Crippen LogP contribution in [0.3, 0.4) is 0 Å². The summed E-state index contributed by atoms with van der Waals surface area (Å²) in [7, 11) is 0. The second-order valence-corrected chi connectivity index (χ2v) is 12.2. The normalized spacial score (nSPS) is 18.0. The molecule has 0 amide bonds. The average molecular weight is 580 g/mol. The van der Waals surface area contributed by atoms with Crippen molar-refractivity contribution in [3.63, 3.8) is 0 Å². The second kappa shape index (κ2) is 10.9. The number of anilines is 4. The molecule has 6 rings (SSSR count). The number of hydrogen-bond donors (Lipinski definition) is 3. The lowest BCUT2D eigenvalue weighted by molar-refractivity contribution is 0.0870. The number of benzene rings is 2. The number of carbonyl (C=O) groups excluding carboxylic acids is 2. The SMILES string of the molecule is Cc1cc(Nc2ncc3cc(C(=O)C(C)C)c(=O)n(C4C(=O)c5ccccc5NC4(C)C)c3n2)ccc1N1CCNCC1. The number of aromatic nitrogens is 3. The Balaban J connectivity index is 1.47. The van der Waals surface area contributed by atoms with Crippen molar-refractivity contribution in [2.24, 2.45) is 5.92 Å². The van der Waals surface area contributed by atoms with Crippen LogP contribution in [-0.4, -0.2) is 57.8 Å². The molecule has 1 atom stereocenters. The van der Waals surface area contributed by atoms with Gasteiger partial charge in [-0.25, -0.2) is 4.98 Å². The summed E-state index contributed by atoms with van der Waals surface area (Å²) in [6.07, 6.45) is 1.60. The van der Waals surface area contributed by atoms with Crippen molar-refractivity contribution in [3.8, 4) is 0 Å². The number of pyridine rings is 1. The first-order valence-corrected chi connectivity index (χ1v) is 14.8. The molecule has 2 aliphatic heterocycles. The van der Waals surface area contributed by atoms with E-state index in [1.165, 1.54) is 10.3 Å². The van der Waals surface area contributed by atoms with Crippen LogP contribution in [0.4, 0.5) is 23.0 Å². The number of Topliss-reactive ketones (excluding diaryl/α,β-unsaturated/α-hetero) is 2. The highest BCUT2D eigenvalue weighted by Gasteiger charge is 2.44. The summed E-state index contributed by atoms with van der Waals surface area (Å²) in [6.45, 7) is 13.2. The van der Waals surface area contributed by atoms with Gasteiger partial charge in [-0.05, 0) is 62.7 Å². The fourth-order valence-corrected chi connectivity index (χ4v) is 6.17. The van der Waals surface area contributed by atoms with Gasteiger partial charge >= 0.3 is 0 Å². The van der Waals surface area contributed by atoms with E-state index in [9.17, 15) is 14.4 Å². The molecule has 4 heterocycles. The molecule has 1 fully saturated rings. The lowest BCUT2D eigenvalue weighted by atomic mass is 9.82. The molecule has 2 aromatic heterocycles. The summed E-state index contributed by atoms with van der Waals surface area (Å²) in [5.41, 5.74) is 3.21. The third kappa shape index (κ3) is 5.16. The average Bonchev–Trinajstić information content (AvgIpc) is 2.98. The highest BCUT2D eigenvalue weighted by Crippen LogP contribution is 2.38. The molecule has 10 heteroatoms. The van der Waals surface area contributed by atoms with E-state index in [0.29, 0.717) is 16.6 Å².